The molecule has 1 heterocycles. The van der Waals surface area contributed by atoms with Crippen molar-refractivity contribution in [3.8, 4) is 6.07 Å². The van der Waals surface area contributed by atoms with E-state index in [2.05, 4.69) is 16.4 Å². The SMILES string of the molecule is N#C/C(=C/c1ccccc1)c1nc(C2CC2)cs1. The Morgan fingerprint density at radius 2 is 2.11 bits per heavy atom. The molecule has 18 heavy (non-hydrogen) atoms. The van der Waals surface area contributed by atoms with Crippen molar-refractivity contribution in [1.82, 2.24) is 4.98 Å². The van der Waals surface area contributed by atoms with Crippen LogP contribution in [0.2, 0.25) is 0 Å². The summed E-state index contributed by atoms with van der Waals surface area (Å²) in [5, 5.41) is 12.2. The van der Waals surface area contributed by atoms with Crippen molar-refractivity contribution in [2.24, 2.45) is 0 Å². The number of hydrogen-bond acceptors (Lipinski definition) is 3. The Morgan fingerprint density at radius 1 is 1.33 bits per heavy atom. The maximum absolute atomic E-state index is 9.25. The van der Waals surface area contributed by atoms with Crippen LogP contribution in [0.4, 0.5) is 0 Å². The van der Waals surface area contributed by atoms with Gasteiger partial charge in [0.25, 0.3) is 0 Å². The Balaban J connectivity index is 1.91. The molecule has 1 aliphatic carbocycles. The summed E-state index contributed by atoms with van der Waals surface area (Å²) in [6.07, 6.45) is 4.39. The van der Waals surface area contributed by atoms with Gasteiger partial charge in [-0.1, -0.05) is 30.3 Å². The van der Waals surface area contributed by atoms with Gasteiger partial charge in [-0.15, -0.1) is 11.3 Å². The van der Waals surface area contributed by atoms with Crippen molar-refractivity contribution in [1.29, 1.82) is 5.26 Å². The minimum absolute atomic E-state index is 0.645. The molecule has 3 heteroatoms. The predicted octanol–water partition coefficient (Wildman–Crippen LogP) is 4.08. The summed E-state index contributed by atoms with van der Waals surface area (Å²) >= 11 is 1.57. The summed E-state index contributed by atoms with van der Waals surface area (Å²) < 4.78 is 0. The lowest BCUT2D eigenvalue weighted by atomic mass is 10.1. The van der Waals surface area contributed by atoms with Crippen LogP contribution in [0.5, 0.6) is 0 Å². The number of hydrogen-bond donors (Lipinski definition) is 0. The van der Waals surface area contributed by atoms with E-state index in [0.717, 1.165) is 16.3 Å². The molecular formula is C15H12N2S. The largest absolute Gasteiger partial charge is 0.240 e. The second-order valence-corrected chi connectivity index (χ2v) is 5.29. The van der Waals surface area contributed by atoms with E-state index < -0.39 is 0 Å². The molecule has 2 nitrogen and oxygen atoms in total. The summed E-state index contributed by atoms with van der Waals surface area (Å²) in [6.45, 7) is 0. The van der Waals surface area contributed by atoms with E-state index in [4.69, 9.17) is 0 Å². The van der Waals surface area contributed by atoms with E-state index >= 15 is 0 Å². The normalized spacial score (nSPS) is 15.4. The summed E-state index contributed by atoms with van der Waals surface area (Å²) in [6, 6.07) is 12.1. The van der Waals surface area contributed by atoms with Crippen LogP contribution in [0.25, 0.3) is 11.6 Å². The molecule has 1 saturated carbocycles. The van der Waals surface area contributed by atoms with Crippen molar-refractivity contribution in [3.05, 3.63) is 52.0 Å². The molecule has 0 N–H and O–H groups in total. The molecule has 88 valence electrons. The van der Waals surface area contributed by atoms with Crippen molar-refractivity contribution >= 4 is 23.0 Å². The highest BCUT2D eigenvalue weighted by molar-refractivity contribution is 7.11. The second-order valence-electron chi connectivity index (χ2n) is 4.43. The highest BCUT2D eigenvalue weighted by Gasteiger charge is 2.26. The summed E-state index contributed by atoms with van der Waals surface area (Å²) in [5.74, 6) is 0.645. The highest BCUT2D eigenvalue weighted by Crippen LogP contribution is 2.40. The number of nitrogens with zero attached hydrogens (tertiary/aromatic N) is 2. The molecule has 0 radical (unpaired) electrons. The molecule has 3 rings (SSSR count). The quantitative estimate of drug-likeness (QED) is 0.772. The molecule has 0 aliphatic heterocycles. The average Bonchev–Trinajstić information content (AvgIpc) is 3.16. The molecule has 1 fully saturated rings. The van der Waals surface area contributed by atoms with Crippen LogP contribution < -0.4 is 0 Å². The Hall–Kier alpha value is -1.92. The lowest BCUT2D eigenvalue weighted by Gasteiger charge is -1.94. The van der Waals surface area contributed by atoms with Gasteiger partial charge in [-0.3, -0.25) is 0 Å². The Bertz CT molecular complexity index is 615. The fourth-order valence-corrected chi connectivity index (χ4v) is 2.70. The van der Waals surface area contributed by atoms with E-state index in [1.54, 1.807) is 11.3 Å². The van der Waals surface area contributed by atoms with Crippen LogP contribution >= 0.6 is 11.3 Å². The van der Waals surface area contributed by atoms with Crippen LogP contribution in [-0.2, 0) is 0 Å². The number of thiazole rings is 1. The summed E-state index contributed by atoms with van der Waals surface area (Å²) in [4.78, 5) is 4.57. The van der Waals surface area contributed by atoms with E-state index in [0.29, 0.717) is 11.5 Å². The third-order valence-corrected chi connectivity index (χ3v) is 3.87. The van der Waals surface area contributed by atoms with Gasteiger partial charge < -0.3 is 0 Å². The zero-order valence-electron chi connectivity index (χ0n) is 9.84. The molecule has 0 amide bonds. The van der Waals surface area contributed by atoms with Crippen LogP contribution in [0.1, 0.15) is 35.0 Å². The van der Waals surface area contributed by atoms with Crippen molar-refractivity contribution in [2.45, 2.75) is 18.8 Å². The monoisotopic (exact) mass is 252 g/mol. The number of nitriles is 1. The number of benzene rings is 1. The molecule has 0 atom stereocenters. The lowest BCUT2D eigenvalue weighted by molar-refractivity contribution is 1.05. The van der Waals surface area contributed by atoms with Crippen LogP contribution in [0, 0.1) is 11.3 Å². The zero-order chi connectivity index (χ0) is 12.4. The Morgan fingerprint density at radius 3 is 2.78 bits per heavy atom. The third kappa shape index (κ3) is 2.34. The first-order valence-electron chi connectivity index (χ1n) is 5.99. The Labute approximate surface area is 110 Å². The van der Waals surface area contributed by atoms with Crippen molar-refractivity contribution in [2.75, 3.05) is 0 Å². The zero-order valence-corrected chi connectivity index (χ0v) is 10.7. The molecule has 1 aromatic carbocycles. The van der Waals surface area contributed by atoms with E-state index in [1.807, 2.05) is 36.4 Å². The van der Waals surface area contributed by atoms with Gasteiger partial charge in [0.05, 0.1) is 11.3 Å². The average molecular weight is 252 g/mol. The van der Waals surface area contributed by atoms with Crippen molar-refractivity contribution in [3.63, 3.8) is 0 Å². The molecule has 0 bridgehead atoms. The van der Waals surface area contributed by atoms with E-state index in [-0.39, 0.29) is 0 Å². The number of aromatic nitrogens is 1. The first kappa shape index (κ1) is 11.2. The topological polar surface area (TPSA) is 36.7 Å². The molecule has 0 saturated heterocycles. The summed E-state index contributed by atoms with van der Waals surface area (Å²) in [7, 11) is 0. The molecule has 1 aliphatic rings. The van der Waals surface area contributed by atoms with Crippen LogP contribution in [0.3, 0.4) is 0 Å². The number of allylic oxidation sites excluding steroid dienone is 1. The number of rotatable bonds is 3. The molecular weight excluding hydrogens is 240 g/mol. The van der Waals surface area contributed by atoms with Gasteiger partial charge in [0.15, 0.2) is 0 Å². The van der Waals surface area contributed by atoms with Gasteiger partial charge in [-0.25, -0.2) is 4.98 Å². The van der Waals surface area contributed by atoms with E-state index in [9.17, 15) is 5.26 Å². The van der Waals surface area contributed by atoms with Crippen molar-refractivity contribution < 1.29 is 0 Å². The first-order valence-corrected chi connectivity index (χ1v) is 6.87. The fraction of sp³-hybridized carbons (Fsp3) is 0.200. The minimum atomic E-state index is 0.645. The smallest absolute Gasteiger partial charge is 0.134 e. The summed E-state index contributed by atoms with van der Waals surface area (Å²) in [5.41, 5.74) is 2.85. The molecule has 0 unspecified atom stereocenters. The van der Waals surface area contributed by atoms with Gasteiger partial charge >= 0.3 is 0 Å². The first-order chi connectivity index (χ1) is 8.86. The lowest BCUT2D eigenvalue weighted by Crippen LogP contribution is -1.83. The predicted molar refractivity (Wildman–Crippen MR) is 74.0 cm³/mol. The van der Waals surface area contributed by atoms with E-state index in [1.165, 1.54) is 12.8 Å². The third-order valence-electron chi connectivity index (χ3n) is 2.98. The standard InChI is InChI=1S/C15H12N2S/c16-9-13(8-11-4-2-1-3-5-11)15-17-14(10-18-15)12-6-7-12/h1-5,8,10,12H,6-7H2/b13-8-. The molecule has 2 aromatic rings. The van der Waals surface area contributed by atoms with Gasteiger partial charge in [0, 0.05) is 11.3 Å². The maximum atomic E-state index is 9.25. The fourth-order valence-electron chi connectivity index (χ4n) is 1.83. The van der Waals surface area contributed by atoms with Gasteiger partial charge in [-0.05, 0) is 24.5 Å². The van der Waals surface area contributed by atoms with Gasteiger partial charge in [0.2, 0.25) is 0 Å². The van der Waals surface area contributed by atoms with Gasteiger partial charge in [0.1, 0.15) is 11.1 Å². The van der Waals surface area contributed by atoms with Crippen LogP contribution in [-0.4, -0.2) is 4.98 Å². The van der Waals surface area contributed by atoms with Gasteiger partial charge in [-0.2, -0.15) is 5.26 Å². The highest BCUT2D eigenvalue weighted by atomic mass is 32.1. The molecule has 1 aromatic heterocycles. The Kier molecular flexibility index (Phi) is 2.95. The maximum Gasteiger partial charge on any atom is 0.134 e. The minimum Gasteiger partial charge on any atom is -0.240 e. The van der Waals surface area contributed by atoms with Crippen LogP contribution in [0.15, 0.2) is 35.7 Å². The molecule has 0 spiro atoms. The second kappa shape index (κ2) is 4.75.